The molecule has 6 heteroatoms. The molecule has 1 aromatic heterocycles. The summed E-state index contributed by atoms with van der Waals surface area (Å²) in [4.78, 5) is 9.69. The maximum absolute atomic E-state index is 13.4. The van der Waals surface area contributed by atoms with Crippen molar-refractivity contribution in [1.29, 1.82) is 0 Å². The van der Waals surface area contributed by atoms with Crippen LogP contribution in [0.1, 0.15) is 5.56 Å². The molecular formula is C40H26F3N3. The molecule has 0 saturated carbocycles. The third-order valence-electron chi connectivity index (χ3n) is 8.39. The summed E-state index contributed by atoms with van der Waals surface area (Å²) in [5.41, 5.74) is 9.14. The Bertz CT molecular complexity index is 2150. The highest BCUT2D eigenvalue weighted by Crippen LogP contribution is 2.55. The van der Waals surface area contributed by atoms with Gasteiger partial charge in [-0.15, -0.1) is 0 Å². The highest BCUT2D eigenvalue weighted by atomic mass is 19.4. The molecule has 2 heterocycles. The molecule has 0 unspecified atom stereocenters. The van der Waals surface area contributed by atoms with Crippen LogP contribution in [0.4, 0.5) is 47.3 Å². The van der Waals surface area contributed by atoms with E-state index in [1.165, 1.54) is 12.1 Å². The Hall–Kier alpha value is -5.88. The largest absolute Gasteiger partial charge is 0.416 e. The number of anilines is 6. The first-order valence-electron chi connectivity index (χ1n) is 15.0. The summed E-state index contributed by atoms with van der Waals surface area (Å²) in [5.74, 6) is 0. The minimum atomic E-state index is -4.42. The lowest BCUT2D eigenvalue weighted by Gasteiger charge is -2.40. The van der Waals surface area contributed by atoms with Crippen LogP contribution in [0.15, 0.2) is 158 Å². The molecule has 3 nitrogen and oxygen atoms in total. The lowest BCUT2D eigenvalue weighted by molar-refractivity contribution is -0.137. The molecule has 0 atom stereocenters. The second kappa shape index (κ2) is 10.9. The molecule has 0 radical (unpaired) electrons. The van der Waals surface area contributed by atoms with Gasteiger partial charge in [0.25, 0.3) is 0 Å². The predicted molar refractivity (Wildman–Crippen MR) is 181 cm³/mol. The molecule has 1 aliphatic heterocycles. The Labute approximate surface area is 264 Å². The number of hydrogen-bond donors (Lipinski definition) is 0. The Balaban J connectivity index is 1.39. The second-order valence-electron chi connectivity index (χ2n) is 11.2. The molecule has 46 heavy (non-hydrogen) atoms. The molecule has 8 rings (SSSR count). The molecule has 222 valence electrons. The number of benzene rings is 6. The third kappa shape index (κ3) is 4.66. The van der Waals surface area contributed by atoms with Crippen LogP contribution in [0.5, 0.6) is 0 Å². The van der Waals surface area contributed by atoms with E-state index in [1.54, 1.807) is 0 Å². The molecule has 0 spiro atoms. The number of para-hydroxylation sites is 6. The van der Waals surface area contributed by atoms with Gasteiger partial charge in [0.1, 0.15) is 0 Å². The fourth-order valence-corrected chi connectivity index (χ4v) is 6.31. The molecule has 7 aromatic rings. The van der Waals surface area contributed by atoms with E-state index >= 15 is 0 Å². The van der Waals surface area contributed by atoms with Crippen molar-refractivity contribution in [2.75, 3.05) is 9.80 Å². The smallest absolute Gasteiger partial charge is 0.306 e. The van der Waals surface area contributed by atoms with Crippen molar-refractivity contribution in [2.45, 2.75) is 6.18 Å². The third-order valence-corrected chi connectivity index (χ3v) is 8.39. The lowest BCUT2D eigenvalue weighted by Crippen LogP contribution is -2.24. The van der Waals surface area contributed by atoms with Gasteiger partial charge in [0.05, 0.1) is 45.2 Å². The molecule has 0 aliphatic carbocycles. The Morgan fingerprint density at radius 2 is 0.978 bits per heavy atom. The molecule has 0 N–H and O–H groups in total. The molecule has 0 amide bonds. The van der Waals surface area contributed by atoms with E-state index in [9.17, 15) is 13.2 Å². The maximum Gasteiger partial charge on any atom is 0.416 e. The average Bonchev–Trinajstić information content (AvgIpc) is 3.10. The van der Waals surface area contributed by atoms with Crippen molar-refractivity contribution in [1.82, 2.24) is 4.98 Å². The number of pyridine rings is 1. The predicted octanol–water partition coefficient (Wildman–Crippen LogP) is 11.8. The van der Waals surface area contributed by atoms with Gasteiger partial charge < -0.3 is 9.80 Å². The second-order valence-corrected chi connectivity index (χ2v) is 11.2. The molecule has 0 fully saturated rings. The number of aromatic nitrogens is 1. The van der Waals surface area contributed by atoms with Gasteiger partial charge in [-0.1, -0.05) is 97.1 Å². The fraction of sp³-hybridized carbons (Fsp3) is 0.0250. The van der Waals surface area contributed by atoms with E-state index in [0.29, 0.717) is 11.3 Å². The van der Waals surface area contributed by atoms with Crippen LogP contribution in [0.2, 0.25) is 0 Å². The Morgan fingerprint density at radius 3 is 1.57 bits per heavy atom. The van der Waals surface area contributed by atoms with Crippen LogP contribution in [0.25, 0.3) is 33.3 Å². The molecule has 6 aromatic carbocycles. The van der Waals surface area contributed by atoms with Gasteiger partial charge in [0.2, 0.25) is 0 Å². The number of hydrogen-bond acceptors (Lipinski definition) is 3. The van der Waals surface area contributed by atoms with Gasteiger partial charge in [0.15, 0.2) is 0 Å². The summed E-state index contributed by atoms with van der Waals surface area (Å²) in [6.45, 7) is 0. The summed E-state index contributed by atoms with van der Waals surface area (Å²) < 4.78 is 40.3. The number of fused-ring (bicyclic) bond motifs is 3. The number of alkyl halides is 3. The fourth-order valence-electron chi connectivity index (χ4n) is 6.31. The van der Waals surface area contributed by atoms with E-state index in [0.717, 1.165) is 68.3 Å². The number of nitrogens with zero attached hydrogens (tertiary/aromatic N) is 3. The molecule has 1 aliphatic rings. The summed E-state index contributed by atoms with van der Waals surface area (Å²) in [6.07, 6.45) is -4.42. The zero-order valence-electron chi connectivity index (χ0n) is 24.5. The van der Waals surface area contributed by atoms with E-state index < -0.39 is 11.7 Å². The Morgan fingerprint density at radius 1 is 0.457 bits per heavy atom. The van der Waals surface area contributed by atoms with Crippen LogP contribution in [-0.2, 0) is 6.18 Å². The highest BCUT2D eigenvalue weighted by molar-refractivity contribution is 6.09. The van der Waals surface area contributed by atoms with Gasteiger partial charge in [-0.25, -0.2) is 4.98 Å². The topological polar surface area (TPSA) is 19.4 Å². The van der Waals surface area contributed by atoms with Crippen molar-refractivity contribution in [3.05, 3.63) is 163 Å². The van der Waals surface area contributed by atoms with Crippen LogP contribution in [0.3, 0.4) is 0 Å². The van der Waals surface area contributed by atoms with Crippen molar-refractivity contribution in [2.24, 2.45) is 0 Å². The normalized spacial score (nSPS) is 12.6. The van der Waals surface area contributed by atoms with Gasteiger partial charge in [-0.3, -0.25) is 0 Å². The first-order chi connectivity index (χ1) is 22.5. The van der Waals surface area contributed by atoms with Crippen LogP contribution >= 0.6 is 0 Å². The Kier molecular flexibility index (Phi) is 6.57. The minimum Gasteiger partial charge on any atom is -0.306 e. The van der Waals surface area contributed by atoms with Crippen molar-refractivity contribution in [3.63, 3.8) is 0 Å². The van der Waals surface area contributed by atoms with Gasteiger partial charge in [0, 0.05) is 16.6 Å². The molecule has 0 saturated heterocycles. The average molecular weight is 606 g/mol. The van der Waals surface area contributed by atoms with Crippen LogP contribution < -0.4 is 9.80 Å². The molecule has 0 bridgehead atoms. The first kappa shape index (κ1) is 27.7. The SMILES string of the molecule is FC(F)(F)c1ccc(-c2cc(-c3ccccc3)c3cccc(N4c5ccccc5N(c5ccccc5)c5ccccc54)c3n2)cc1. The van der Waals surface area contributed by atoms with Crippen molar-refractivity contribution < 1.29 is 13.2 Å². The van der Waals surface area contributed by atoms with E-state index in [-0.39, 0.29) is 0 Å². The van der Waals surface area contributed by atoms with Gasteiger partial charge in [-0.2, -0.15) is 13.2 Å². The van der Waals surface area contributed by atoms with Crippen LogP contribution in [-0.4, -0.2) is 4.98 Å². The summed E-state index contributed by atoms with van der Waals surface area (Å²) in [6, 6.07) is 50.3. The minimum absolute atomic E-state index is 0.594. The summed E-state index contributed by atoms with van der Waals surface area (Å²) in [7, 11) is 0. The zero-order chi connectivity index (χ0) is 31.3. The van der Waals surface area contributed by atoms with E-state index in [1.807, 2.05) is 84.9 Å². The van der Waals surface area contributed by atoms with Crippen molar-refractivity contribution in [3.8, 4) is 22.4 Å². The maximum atomic E-state index is 13.4. The quantitative estimate of drug-likeness (QED) is 0.199. The standard InChI is InChI=1S/C40H26F3N3/c41-40(42,43)29-24-22-28(23-25-29)33-26-32(27-12-3-1-4-13-27)31-16-11-21-38(39(31)44-33)46-36-19-9-7-17-34(36)45(30-14-5-2-6-15-30)35-18-8-10-20-37(35)46/h1-26H. The highest BCUT2D eigenvalue weighted by Gasteiger charge is 2.32. The molecular weight excluding hydrogens is 579 g/mol. The van der Waals surface area contributed by atoms with Crippen LogP contribution in [0, 0.1) is 0 Å². The van der Waals surface area contributed by atoms with E-state index in [2.05, 4.69) is 58.3 Å². The van der Waals surface area contributed by atoms with Gasteiger partial charge >= 0.3 is 6.18 Å². The van der Waals surface area contributed by atoms with Gasteiger partial charge in [-0.05, 0) is 71.8 Å². The van der Waals surface area contributed by atoms with Crippen molar-refractivity contribution >= 4 is 45.0 Å². The summed E-state index contributed by atoms with van der Waals surface area (Å²) >= 11 is 0. The first-order valence-corrected chi connectivity index (χ1v) is 15.0. The lowest BCUT2D eigenvalue weighted by atomic mass is 9.96. The monoisotopic (exact) mass is 605 g/mol. The number of halogens is 3. The number of rotatable bonds is 4. The zero-order valence-corrected chi connectivity index (χ0v) is 24.5. The summed E-state index contributed by atoms with van der Waals surface area (Å²) in [5, 5.41) is 0.944. The van der Waals surface area contributed by atoms with E-state index in [4.69, 9.17) is 4.98 Å².